The molecule has 1 atom stereocenters. The second-order valence-electron chi connectivity index (χ2n) is 5.32. The third-order valence-electron chi connectivity index (χ3n) is 3.77. The van der Waals surface area contributed by atoms with Crippen LogP contribution in [0.2, 0.25) is 0 Å². The summed E-state index contributed by atoms with van der Waals surface area (Å²) in [6.45, 7) is 2.76. The second kappa shape index (κ2) is 7.11. The fraction of sp³-hybridized carbons (Fsp3) is 0.467. The Labute approximate surface area is 137 Å². The zero-order valence-electron chi connectivity index (χ0n) is 11.9. The van der Waals surface area contributed by atoms with Crippen LogP contribution >= 0.6 is 22.6 Å². The van der Waals surface area contributed by atoms with Gasteiger partial charge < -0.3 is 15.3 Å². The highest BCUT2D eigenvalue weighted by atomic mass is 127. The smallest absolute Gasteiger partial charge is 0.337 e. The van der Waals surface area contributed by atoms with Crippen LogP contribution in [0.1, 0.15) is 43.0 Å². The maximum atomic E-state index is 12.4. The minimum Gasteiger partial charge on any atom is -0.478 e. The molecule has 0 radical (unpaired) electrons. The molecule has 2 amide bonds. The Hall–Kier alpha value is -1.31. The maximum Gasteiger partial charge on any atom is 0.337 e. The molecule has 1 saturated heterocycles. The zero-order chi connectivity index (χ0) is 15.4. The van der Waals surface area contributed by atoms with Gasteiger partial charge in [0.1, 0.15) is 0 Å². The van der Waals surface area contributed by atoms with E-state index in [9.17, 15) is 14.7 Å². The van der Waals surface area contributed by atoms with Gasteiger partial charge in [-0.25, -0.2) is 9.59 Å². The number of carboxylic acid groups (broad SMARTS) is 1. The van der Waals surface area contributed by atoms with Crippen molar-refractivity contribution in [2.45, 2.75) is 38.6 Å². The van der Waals surface area contributed by atoms with Crippen LogP contribution in [-0.2, 0) is 0 Å². The Morgan fingerprint density at radius 3 is 2.81 bits per heavy atom. The number of carbonyl (C=O) groups excluding carboxylic acids is 1. The minimum atomic E-state index is -1.03. The Balaban J connectivity index is 2.17. The Bertz CT molecular complexity index is 548. The molecule has 1 aliphatic rings. The average Bonchev–Trinajstić information content (AvgIpc) is 2.65. The summed E-state index contributed by atoms with van der Waals surface area (Å²) in [6, 6.07) is 4.96. The number of nitrogens with one attached hydrogen (secondary N) is 1. The van der Waals surface area contributed by atoms with E-state index in [1.807, 2.05) is 6.92 Å². The summed E-state index contributed by atoms with van der Waals surface area (Å²) in [5.41, 5.74) is 0.474. The van der Waals surface area contributed by atoms with Gasteiger partial charge in [-0.1, -0.05) is 12.8 Å². The molecular formula is C15H19IN2O3. The molecular weight excluding hydrogens is 383 g/mol. The van der Waals surface area contributed by atoms with E-state index in [1.165, 1.54) is 0 Å². The maximum absolute atomic E-state index is 12.4. The molecule has 2 N–H and O–H groups in total. The van der Waals surface area contributed by atoms with Crippen molar-refractivity contribution < 1.29 is 14.7 Å². The molecule has 1 heterocycles. The minimum absolute atomic E-state index is 0.123. The summed E-state index contributed by atoms with van der Waals surface area (Å²) in [4.78, 5) is 25.5. The first-order chi connectivity index (χ1) is 9.99. The third-order valence-corrected chi connectivity index (χ3v) is 4.44. The lowest BCUT2D eigenvalue weighted by Crippen LogP contribution is -2.41. The molecule has 0 spiro atoms. The highest BCUT2D eigenvalue weighted by molar-refractivity contribution is 14.1. The molecule has 6 heteroatoms. The van der Waals surface area contributed by atoms with Crippen LogP contribution in [0.25, 0.3) is 0 Å². The van der Waals surface area contributed by atoms with E-state index < -0.39 is 5.97 Å². The number of anilines is 1. The van der Waals surface area contributed by atoms with Crippen LogP contribution < -0.4 is 5.32 Å². The van der Waals surface area contributed by atoms with Crippen molar-refractivity contribution in [3.05, 3.63) is 27.3 Å². The number of hydrogen-bond donors (Lipinski definition) is 2. The molecule has 1 aromatic rings. The summed E-state index contributed by atoms with van der Waals surface area (Å²) in [7, 11) is 0. The van der Waals surface area contributed by atoms with E-state index in [4.69, 9.17) is 0 Å². The number of halogens is 1. The quantitative estimate of drug-likeness (QED) is 0.740. The SMILES string of the molecule is CC1CCCCCN1C(=O)Nc1ccc(I)cc1C(=O)O. The third kappa shape index (κ3) is 4.09. The number of nitrogens with zero attached hydrogens (tertiary/aromatic N) is 1. The topological polar surface area (TPSA) is 69.6 Å². The number of aromatic carboxylic acids is 1. The molecule has 0 aromatic heterocycles. The van der Waals surface area contributed by atoms with Gasteiger partial charge in [0, 0.05) is 16.2 Å². The predicted molar refractivity (Wildman–Crippen MR) is 89.8 cm³/mol. The van der Waals surface area contributed by atoms with Crippen molar-refractivity contribution in [1.82, 2.24) is 4.90 Å². The first-order valence-electron chi connectivity index (χ1n) is 7.09. The van der Waals surface area contributed by atoms with Gasteiger partial charge in [0.2, 0.25) is 0 Å². The molecule has 21 heavy (non-hydrogen) atoms. The summed E-state index contributed by atoms with van der Waals surface area (Å²) in [5, 5.41) is 12.0. The number of carbonyl (C=O) groups is 2. The van der Waals surface area contributed by atoms with E-state index in [0.717, 1.165) is 35.8 Å². The van der Waals surface area contributed by atoms with Crippen molar-refractivity contribution in [2.75, 3.05) is 11.9 Å². The van der Waals surface area contributed by atoms with Crippen LogP contribution in [-0.4, -0.2) is 34.6 Å². The van der Waals surface area contributed by atoms with E-state index in [2.05, 4.69) is 27.9 Å². The van der Waals surface area contributed by atoms with Gasteiger partial charge in [-0.15, -0.1) is 0 Å². The molecule has 2 rings (SSSR count). The lowest BCUT2D eigenvalue weighted by atomic mass is 10.1. The number of benzene rings is 1. The Morgan fingerprint density at radius 2 is 2.10 bits per heavy atom. The van der Waals surface area contributed by atoms with Crippen LogP contribution in [0.15, 0.2) is 18.2 Å². The largest absolute Gasteiger partial charge is 0.478 e. The summed E-state index contributed by atoms with van der Waals surface area (Å²) >= 11 is 2.05. The molecule has 114 valence electrons. The normalized spacial score (nSPS) is 19.0. The second-order valence-corrected chi connectivity index (χ2v) is 6.56. The zero-order valence-corrected chi connectivity index (χ0v) is 14.1. The number of hydrogen-bond acceptors (Lipinski definition) is 2. The van der Waals surface area contributed by atoms with Crippen molar-refractivity contribution in [2.24, 2.45) is 0 Å². The van der Waals surface area contributed by atoms with Crippen LogP contribution in [0.3, 0.4) is 0 Å². The van der Waals surface area contributed by atoms with Crippen molar-refractivity contribution in [1.29, 1.82) is 0 Å². The van der Waals surface area contributed by atoms with Gasteiger partial charge in [-0.3, -0.25) is 0 Å². The fourth-order valence-corrected chi connectivity index (χ4v) is 3.06. The average molecular weight is 402 g/mol. The molecule has 1 aromatic carbocycles. The highest BCUT2D eigenvalue weighted by Gasteiger charge is 2.23. The van der Waals surface area contributed by atoms with Crippen LogP contribution in [0.5, 0.6) is 0 Å². The van der Waals surface area contributed by atoms with Gasteiger partial charge in [0.25, 0.3) is 0 Å². The summed E-state index contributed by atoms with van der Waals surface area (Å²) in [6.07, 6.45) is 4.26. The number of urea groups is 1. The number of rotatable bonds is 2. The van der Waals surface area contributed by atoms with Gasteiger partial charge in [-0.05, 0) is 60.6 Å². The molecule has 0 aliphatic carbocycles. The number of likely N-dealkylation sites (tertiary alicyclic amines) is 1. The Kier molecular flexibility index (Phi) is 5.44. The van der Waals surface area contributed by atoms with Gasteiger partial charge in [0.15, 0.2) is 0 Å². The van der Waals surface area contributed by atoms with E-state index in [-0.39, 0.29) is 17.6 Å². The van der Waals surface area contributed by atoms with Gasteiger partial charge in [0.05, 0.1) is 11.3 Å². The van der Waals surface area contributed by atoms with E-state index in [0.29, 0.717) is 5.69 Å². The summed E-state index contributed by atoms with van der Waals surface area (Å²) in [5.74, 6) is -1.03. The van der Waals surface area contributed by atoms with Crippen LogP contribution in [0, 0.1) is 3.57 Å². The molecule has 5 nitrogen and oxygen atoms in total. The molecule has 0 bridgehead atoms. The first kappa shape index (κ1) is 16.1. The lowest BCUT2D eigenvalue weighted by molar-refractivity contribution is 0.0698. The standard InChI is InChI=1S/C15H19IN2O3/c1-10-5-3-2-4-8-18(10)15(21)17-13-7-6-11(16)9-12(13)14(19)20/h6-7,9-10H,2-5,8H2,1H3,(H,17,21)(H,19,20). The van der Waals surface area contributed by atoms with Gasteiger partial charge >= 0.3 is 12.0 Å². The fourth-order valence-electron chi connectivity index (χ4n) is 2.57. The number of carboxylic acids is 1. The molecule has 1 fully saturated rings. The van der Waals surface area contributed by atoms with Crippen molar-refractivity contribution in [3.63, 3.8) is 0 Å². The van der Waals surface area contributed by atoms with Gasteiger partial charge in [-0.2, -0.15) is 0 Å². The van der Waals surface area contributed by atoms with E-state index in [1.54, 1.807) is 23.1 Å². The van der Waals surface area contributed by atoms with E-state index >= 15 is 0 Å². The lowest BCUT2D eigenvalue weighted by Gasteiger charge is -2.27. The Morgan fingerprint density at radius 1 is 1.33 bits per heavy atom. The van der Waals surface area contributed by atoms with Crippen LogP contribution in [0.4, 0.5) is 10.5 Å². The molecule has 0 saturated carbocycles. The number of amides is 2. The molecule has 1 aliphatic heterocycles. The highest BCUT2D eigenvalue weighted by Crippen LogP contribution is 2.22. The van der Waals surface area contributed by atoms with Crippen molar-refractivity contribution in [3.8, 4) is 0 Å². The monoisotopic (exact) mass is 402 g/mol. The summed E-state index contributed by atoms with van der Waals surface area (Å²) < 4.78 is 0.825. The molecule has 1 unspecified atom stereocenters. The van der Waals surface area contributed by atoms with Crippen molar-refractivity contribution >= 4 is 40.3 Å². The first-order valence-corrected chi connectivity index (χ1v) is 8.17. The predicted octanol–water partition coefficient (Wildman–Crippen LogP) is 3.79.